The first-order valence-corrected chi connectivity index (χ1v) is 3.20. The van der Waals surface area contributed by atoms with Gasteiger partial charge in [0.15, 0.2) is 0 Å². The predicted molar refractivity (Wildman–Crippen MR) is 31.8 cm³/mol. The molecule has 0 bridgehead atoms. The maximum atomic E-state index is 4.49. The molecule has 0 spiro atoms. The zero-order valence-corrected chi connectivity index (χ0v) is 5.67. The molecular weight excluding hydrogens is 201 g/mol. The van der Waals surface area contributed by atoms with Gasteiger partial charge in [0.05, 0.1) is 0 Å². The van der Waals surface area contributed by atoms with E-state index in [4.69, 9.17) is 0 Å². The zero-order chi connectivity index (χ0) is 4.12. The van der Waals surface area contributed by atoms with Gasteiger partial charge in [0.25, 0.3) is 0 Å². The highest BCUT2D eigenvalue weighted by Gasteiger charge is 1.64. The van der Waals surface area contributed by atoms with Crippen LogP contribution in [0.15, 0.2) is 0 Å². The maximum absolute atomic E-state index is 4.49. The Kier molecular flexibility index (Phi) is 6.00. The van der Waals surface area contributed by atoms with Gasteiger partial charge >= 0.3 is 0 Å². The highest BCUT2D eigenvalue weighted by atomic mass is 127. The van der Waals surface area contributed by atoms with Gasteiger partial charge in [-0.1, -0.05) is 0 Å². The van der Waals surface area contributed by atoms with Crippen LogP contribution in [-0.2, 0) is 4.28 Å². The monoisotopic (exact) mass is 205 g/mol. The van der Waals surface area contributed by atoms with Crippen LogP contribution in [0.25, 0.3) is 0 Å². The van der Waals surface area contributed by atoms with Crippen LogP contribution >= 0.6 is 34.9 Å². The van der Waals surface area contributed by atoms with E-state index in [0.717, 1.165) is 0 Å². The van der Waals surface area contributed by atoms with Crippen molar-refractivity contribution in [2.45, 2.75) is 0 Å². The van der Waals surface area contributed by atoms with Gasteiger partial charge in [0.1, 0.15) is 0 Å². The molecule has 0 heterocycles. The van der Waals surface area contributed by atoms with E-state index in [-0.39, 0.29) is 0 Å². The Morgan fingerprint density at radius 1 is 2.00 bits per heavy atom. The van der Waals surface area contributed by atoms with E-state index >= 15 is 0 Å². The third-order valence-electron chi connectivity index (χ3n) is 0.115. The summed E-state index contributed by atoms with van der Waals surface area (Å²) in [6.07, 6.45) is 1.84. The van der Waals surface area contributed by atoms with Crippen LogP contribution in [0.1, 0.15) is 0 Å². The zero-order valence-electron chi connectivity index (χ0n) is 2.69. The van der Waals surface area contributed by atoms with Crippen molar-refractivity contribution in [3.8, 4) is 0 Å². The SMILES string of the molecule is CSONI. The van der Waals surface area contributed by atoms with E-state index in [1.807, 2.05) is 29.1 Å². The minimum absolute atomic E-state index is 1.28. The largest absolute Gasteiger partial charge is 0.222 e. The van der Waals surface area contributed by atoms with Gasteiger partial charge in [-0.2, -0.15) is 0 Å². The third-order valence-corrected chi connectivity index (χ3v) is 0.884. The second kappa shape index (κ2) is 5.00. The molecule has 1 N–H and O–H groups in total. The number of rotatable bonds is 2. The quantitative estimate of drug-likeness (QED) is 0.316. The van der Waals surface area contributed by atoms with Crippen molar-refractivity contribution < 1.29 is 4.28 Å². The fourth-order valence-electron chi connectivity index (χ4n) is 0.0315. The molecule has 0 aliphatic rings. The van der Waals surface area contributed by atoms with Crippen molar-refractivity contribution in [1.29, 1.82) is 0 Å². The lowest BCUT2D eigenvalue weighted by Gasteiger charge is -1.84. The summed E-state index contributed by atoms with van der Waals surface area (Å²) in [5, 5.41) is 0. The summed E-state index contributed by atoms with van der Waals surface area (Å²) in [6, 6.07) is 0. The summed E-state index contributed by atoms with van der Waals surface area (Å²) in [6.45, 7) is 0. The van der Waals surface area contributed by atoms with Crippen molar-refractivity contribution >= 4 is 34.9 Å². The average molecular weight is 205 g/mol. The standard InChI is InChI=1S/CH4INOS/c1-5-4-3-2/h3H,1H3. The number of halogens is 1. The Hall–Kier alpha value is 1.00. The molecule has 0 aliphatic heterocycles. The van der Waals surface area contributed by atoms with E-state index < -0.39 is 0 Å². The molecule has 0 saturated carbocycles. The Balaban J connectivity index is 2.19. The van der Waals surface area contributed by atoms with Crippen molar-refractivity contribution in [2.75, 3.05) is 6.26 Å². The first kappa shape index (κ1) is 6.00. The molecule has 0 aromatic heterocycles. The molecule has 0 radical (unpaired) electrons. The van der Waals surface area contributed by atoms with E-state index in [2.05, 4.69) is 7.98 Å². The Labute approximate surface area is 49.3 Å². The lowest BCUT2D eigenvalue weighted by Crippen LogP contribution is -1.86. The lowest BCUT2D eigenvalue weighted by atomic mass is 12.0. The van der Waals surface area contributed by atoms with E-state index in [9.17, 15) is 0 Å². The molecule has 0 unspecified atom stereocenters. The molecule has 0 aromatic rings. The third kappa shape index (κ3) is 5.00. The second-order valence-corrected chi connectivity index (χ2v) is 1.27. The van der Waals surface area contributed by atoms with Crippen LogP contribution in [0.3, 0.4) is 0 Å². The van der Waals surface area contributed by atoms with E-state index in [0.29, 0.717) is 0 Å². The molecule has 5 heavy (non-hydrogen) atoms. The summed E-state index contributed by atoms with van der Waals surface area (Å²) in [4.78, 5) is 0. The topological polar surface area (TPSA) is 21.3 Å². The molecule has 32 valence electrons. The summed E-state index contributed by atoms with van der Waals surface area (Å²) in [5.41, 5.74) is 0. The van der Waals surface area contributed by atoms with Crippen LogP contribution in [0.2, 0.25) is 0 Å². The molecule has 0 amide bonds. The Morgan fingerprint density at radius 3 is 2.60 bits per heavy atom. The molecule has 2 nitrogen and oxygen atoms in total. The molecular formula is CH4INOS. The number of nitrogens with one attached hydrogen (secondary N) is 1. The molecule has 0 fully saturated rings. The van der Waals surface area contributed by atoms with Crippen molar-refractivity contribution in [3.05, 3.63) is 0 Å². The first-order chi connectivity index (χ1) is 2.41. The van der Waals surface area contributed by atoms with Gasteiger partial charge in [0, 0.05) is 41.2 Å². The van der Waals surface area contributed by atoms with Gasteiger partial charge in [0.2, 0.25) is 0 Å². The smallest absolute Gasteiger partial charge is 0.0469 e. The maximum Gasteiger partial charge on any atom is 0.0469 e. The molecule has 0 aliphatic carbocycles. The first-order valence-electron chi connectivity index (χ1n) is 0.968. The molecule has 0 saturated heterocycles. The highest BCUT2D eigenvalue weighted by Crippen LogP contribution is 1.89. The number of hydrogen-bond donors (Lipinski definition) is 1. The van der Waals surface area contributed by atoms with Crippen LogP contribution in [-0.4, -0.2) is 6.26 Å². The van der Waals surface area contributed by atoms with Gasteiger partial charge in [-0.25, -0.2) is 4.28 Å². The van der Waals surface area contributed by atoms with Crippen LogP contribution in [0.5, 0.6) is 0 Å². The van der Waals surface area contributed by atoms with E-state index in [1.165, 1.54) is 12.0 Å². The minimum Gasteiger partial charge on any atom is -0.222 e. The summed E-state index contributed by atoms with van der Waals surface area (Å²) in [5.74, 6) is 0. The van der Waals surface area contributed by atoms with Gasteiger partial charge < -0.3 is 0 Å². The number of hydrogen-bond acceptors (Lipinski definition) is 3. The Morgan fingerprint density at radius 2 is 2.60 bits per heavy atom. The van der Waals surface area contributed by atoms with Gasteiger partial charge in [-0.15, -0.1) is 3.69 Å². The average Bonchev–Trinajstić information content (AvgIpc) is 1.41. The van der Waals surface area contributed by atoms with Gasteiger partial charge in [-0.05, 0) is 0 Å². The molecule has 4 heteroatoms. The fourth-order valence-corrected chi connectivity index (χ4v) is 0.634. The molecule has 0 aromatic carbocycles. The summed E-state index contributed by atoms with van der Waals surface area (Å²) >= 11 is 3.18. The van der Waals surface area contributed by atoms with Crippen LogP contribution in [0, 0.1) is 0 Å². The van der Waals surface area contributed by atoms with Gasteiger partial charge in [-0.3, -0.25) is 0 Å². The highest BCUT2D eigenvalue weighted by molar-refractivity contribution is 14.1. The normalized spacial score (nSPS) is 8.40. The van der Waals surface area contributed by atoms with Crippen LogP contribution in [0.4, 0.5) is 0 Å². The van der Waals surface area contributed by atoms with Crippen molar-refractivity contribution in [3.63, 3.8) is 0 Å². The predicted octanol–water partition coefficient (Wildman–Crippen LogP) is 1.14. The summed E-state index contributed by atoms with van der Waals surface area (Å²) < 4.78 is 6.94. The van der Waals surface area contributed by atoms with Crippen molar-refractivity contribution in [1.82, 2.24) is 3.69 Å². The summed E-state index contributed by atoms with van der Waals surface area (Å²) in [7, 11) is 0. The van der Waals surface area contributed by atoms with Crippen LogP contribution < -0.4 is 3.69 Å². The minimum atomic E-state index is 1.28. The fraction of sp³-hybridized carbons (Fsp3) is 1.00. The lowest BCUT2D eigenvalue weighted by molar-refractivity contribution is 0.363. The van der Waals surface area contributed by atoms with Crippen molar-refractivity contribution in [2.24, 2.45) is 0 Å². The van der Waals surface area contributed by atoms with E-state index in [1.54, 1.807) is 0 Å². The molecule has 0 atom stereocenters. The molecule has 0 rings (SSSR count). The Bertz CT molecular complexity index is 19.1. The second-order valence-electron chi connectivity index (χ2n) is 0.327.